The summed E-state index contributed by atoms with van der Waals surface area (Å²) in [6, 6.07) is 0. The first-order valence-corrected chi connectivity index (χ1v) is 2.72. The fourth-order valence-electron chi connectivity index (χ4n) is 0.289. The molecule has 0 aromatic carbocycles. The summed E-state index contributed by atoms with van der Waals surface area (Å²) in [6.45, 7) is 0. The highest BCUT2D eigenvalue weighted by Gasteiger charge is 1.90. The Labute approximate surface area is 50.9 Å². The van der Waals surface area contributed by atoms with Gasteiger partial charge in [0, 0.05) is 5.52 Å². The van der Waals surface area contributed by atoms with Crippen LogP contribution in [0.4, 0.5) is 0 Å². The minimum Gasteiger partial charge on any atom is -0.492 e. The van der Waals surface area contributed by atoms with Crippen molar-refractivity contribution in [3.05, 3.63) is 11.3 Å². The van der Waals surface area contributed by atoms with Crippen molar-refractivity contribution < 1.29 is 6.11 Å². The quantitative estimate of drug-likeness (QED) is 0.486. The van der Waals surface area contributed by atoms with Crippen molar-refractivity contribution in [2.45, 2.75) is 0 Å². The molecule has 0 radical (unpaired) electrons. The van der Waals surface area contributed by atoms with Gasteiger partial charge in [0.15, 0.2) is 0 Å². The average molecular weight is 123 g/mol. The van der Waals surface area contributed by atoms with Crippen molar-refractivity contribution in [2.75, 3.05) is 7.11 Å². The zero-order chi connectivity index (χ0) is 8.72. The van der Waals surface area contributed by atoms with Gasteiger partial charge in [0.25, 0.3) is 0 Å². The van der Waals surface area contributed by atoms with Gasteiger partial charge < -0.3 is 4.74 Å². The van der Waals surface area contributed by atoms with E-state index in [2.05, 4.69) is 9.73 Å². The fraction of sp³-hybridized carbons (Fsp3) is 0.250. The number of hydrogen-bond acceptors (Lipinski definition) is 2. The maximum Gasteiger partial charge on any atom is 0.137 e. The van der Waals surface area contributed by atoms with E-state index in [1.54, 1.807) is 0 Å². The Morgan fingerprint density at radius 3 is 3.43 bits per heavy atom. The molecule has 1 aliphatic heterocycles. The van der Waals surface area contributed by atoms with Crippen molar-refractivity contribution in [1.82, 2.24) is 0 Å². The predicted molar refractivity (Wildman–Crippen MR) is 36.8 cm³/mol. The lowest BCUT2D eigenvalue weighted by atomic mass is 11.0. The predicted octanol–water partition coefficient (Wildman–Crippen LogP) is 0.136. The van der Waals surface area contributed by atoms with Crippen LogP contribution in [0.15, 0.2) is 16.3 Å². The van der Waals surface area contributed by atoms with E-state index < -0.39 is 17.0 Å². The number of ether oxygens (including phenoxy) is 1. The van der Waals surface area contributed by atoms with Crippen LogP contribution in [0, 0.1) is 0 Å². The molecular weight excluding hydrogens is 110 g/mol. The van der Waals surface area contributed by atoms with E-state index in [-0.39, 0.29) is 5.09 Å². The number of aliphatic imine (C=N–C) groups is 1. The summed E-state index contributed by atoms with van der Waals surface area (Å²) in [5.74, 6) is 0. The average Bonchev–Trinajstić information content (AvgIpc) is 2.05. The molecular formula is C4H9NOS. The number of hydrogen-bond donors (Lipinski definition) is 0. The number of rotatable bonds is 1. The van der Waals surface area contributed by atoms with Crippen molar-refractivity contribution in [3.63, 3.8) is 0 Å². The normalized spacial score (nSPS) is 47.3. The highest BCUT2D eigenvalue weighted by atomic mass is 32.2. The first kappa shape index (κ1) is 1.82. The van der Waals surface area contributed by atoms with Crippen LogP contribution in [0.1, 0.15) is 1.37 Å². The van der Waals surface area contributed by atoms with Crippen molar-refractivity contribution in [3.8, 4) is 0 Å². The molecule has 0 aromatic rings. The molecule has 1 heterocycles. The Bertz CT molecular complexity index is 253. The lowest BCUT2D eigenvalue weighted by Gasteiger charge is -1.96. The number of nitrogens with zero attached hydrogens (tertiary/aromatic N) is 1. The molecule has 0 atom stereocenters. The molecule has 0 spiro atoms. The lowest BCUT2D eigenvalue weighted by Crippen LogP contribution is -1.72. The molecule has 1 rings (SSSR count). The molecule has 0 N–H and O–H groups in total. The molecule has 0 saturated carbocycles. The van der Waals surface area contributed by atoms with Crippen LogP contribution in [0.5, 0.6) is 0 Å². The molecule has 0 aliphatic carbocycles. The molecule has 0 unspecified atom stereocenters. The third-order valence-electron chi connectivity index (χ3n) is 0.602. The zero-order valence-corrected chi connectivity index (χ0v) is 4.77. The van der Waals surface area contributed by atoms with E-state index in [1.165, 1.54) is 7.11 Å². The van der Waals surface area contributed by atoms with Crippen LogP contribution < -0.4 is 0 Å². The minimum atomic E-state index is -4.43. The minimum absolute atomic E-state index is 0.124. The molecule has 3 heteroatoms. The van der Waals surface area contributed by atoms with Crippen molar-refractivity contribution in [1.29, 1.82) is 3.37 Å². The van der Waals surface area contributed by atoms with Gasteiger partial charge in [-0.15, -0.1) is 0 Å². The molecule has 2 nitrogen and oxygen atoms in total. The summed E-state index contributed by atoms with van der Waals surface area (Å²) in [5.41, 5.74) is -0.521. The highest BCUT2D eigenvalue weighted by molar-refractivity contribution is 8.15. The van der Waals surface area contributed by atoms with E-state index in [9.17, 15) is 0 Å². The first-order chi connectivity index (χ1) is 4.87. The van der Waals surface area contributed by atoms with Gasteiger partial charge in [0.1, 0.15) is 5.09 Å². The topological polar surface area (TPSA) is 21.6 Å². The second-order valence-corrected chi connectivity index (χ2v) is 1.88. The Balaban J connectivity index is 3.13. The van der Waals surface area contributed by atoms with Gasteiger partial charge >= 0.3 is 0 Å². The third kappa shape index (κ3) is 0.962. The van der Waals surface area contributed by atoms with Crippen LogP contribution in [0.3, 0.4) is 0 Å². The number of methoxy groups -OCH3 is 1. The van der Waals surface area contributed by atoms with E-state index in [0.717, 1.165) is 6.20 Å². The van der Waals surface area contributed by atoms with Crippen LogP contribution in [0.25, 0.3) is 0 Å². The Morgan fingerprint density at radius 2 is 3.14 bits per heavy atom. The van der Waals surface area contributed by atoms with E-state index in [0.29, 0.717) is 0 Å². The Kier molecular flexibility index (Phi) is 0.526. The van der Waals surface area contributed by atoms with Crippen LogP contribution >= 0.6 is 11.5 Å². The third-order valence-corrected chi connectivity index (χ3v) is 1.34. The molecule has 0 fully saturated rings. The van der Waals surface area contributed by atoms with Gasteiger partial charge in [-0.05, 0) is 0 Å². The monoisotopic (exact) mass is 123 g/mol. The molecule has 1 aliphatic rings. The zero-order valence-electron chi connectivity index (χ0n) is 7.88. The summed E-state index contributed by atoms with van der Waals surface area (Å²) < 4.78 is 33.8. The second-order valence-electron chi connectivity index (χ2n) is 1.01. The summed E-state index contributed by atoms with van der Waals surface area (Å²) >= 11 is -4.43. The lowest BCUT2D eigenvalue weighted by molar-refractivity contribution is 0.325. The van der Waals surface area contributed by atoms with Gasteiger partial charge in [-0.3, -0.25) is 4.99 Å². The second kappa shape index (κ2) is 2.02. The SMILES string of the molecule is [2H]C1=NC=C(OC)[SH]1([2H])([2H])[2H]. The molecule has 0 aromatic heterocycles. The smallest absolute Gasteiger partial charge is 0.137 e. The Morgan fingerprint density at radius 1 is 2.29 bits per heavy atom. The standard InChI is InChI=1S/C4H9NOS/c1-6-4-2-5-3-7-4/h2-3H,1H3,7H4/i3D,7D3. The van der Waals surface area contributed by atoms with Gasteiger partial charge in [-0.1, -0.05) is 0 Å². The fourth-order valence-corrected chi connectivity index (χ4v) is 0.710. The van der Waals surface area contributed by atoms with Crippen LogP contribution in [-0.4, -0.2) is 16.0 Å². The van der Waals surface area contributed by atoms with Gasteiger partial charge in [0.05, 0.1) is 18.1 Å². The molecule has 0 saturated heterocycles. The van der Waals surface area contributed by atoms with Crippen LogP contribution in [-0.2, 0) is 4.74 Å². The summed E-state index contributed by atoms with van der Waals surface area (Å²) in [6.07, 6.45) is 1.10. The van der Waals surface area contributed by atoms with E-state index >= 15 is 0 Å². The summed E-state index contributed by atoms with van der Waals surface area (Å²) in [5, 5.41) is -0.124. The van der Waals surface area contributed by atoms with E-state index in [4.69, 9.17) is 4.74 Å². The summed E-state index contributed by atoms with van der Waals surface area (Å²) in [4.78, 5) is 3.40. The summed E-state index contributed by atoms with van der Waals surface area (Å²) in [7, 11) is 1.28. The largest absolute Gasteiger partial charge is 0.492 e. The van der Waals surface area contributed by atoms with E-state index in [1.807, 2.05) is 0 Å². The molecule has 0 amide bonds. The van der Waals surface area contributed by atoms with Gasteiger partial charge in [0.2, 0.25) is 0 Å². The molecule has 0 bridgehead atoms. The van der Waals surface area contributed by atoms with Crippen LogP contribution in [0.2, 0.25) is 0 Å². The highest BCUT2D eigenvalue weighted by Crippen LogP contribution is 2.17. The molecule has 42 valence electrons. The van der Waals surface area contributed by atoms with Crippen molar-refractivity contribution in [2.24, 2.45) is 4.99 Å². The first-order valence-electron chi connectivity index (χ1n) is 3.67. The van der Waals surface area contributed by atoms with Crippen molar-refractivity contribution >= 4 is 17.0 Å². The maximum atomic E-state index is 7.36. The van der Waals surface area contributed by atoms with Gasteiger partial charge in [-0.25, -0.2) is 11.5 Å². The molecule has 7 heavy (non-hydrogen) atoms. The maximum absolute atomic E-state index is 7.36. The van der Waals surface area contributed by atoms with Gasteiger partial charge in [-0.2, -0.15) is 0 Å². The Hall–Kier alpha value is -0.440.